The van der Waals surface area contributed by atoms with Gasteiger partial charge in [0.05, 0.1) is 6.61 Å². The Kier molecular flexibility index (Phi) is 6.79. The monoisotopic (exact) mass is 468 g/mol. The molecule has 6 nitrogen and oxygen atoms in total. The van der Waals surface area contributed by atoms with Gasteiger partial charge in [0, 0.05) is 35.1 Å². The maximum absolute atomic E-state index is 12.3. The lowest BCUT2D eigenvalue weighted by Crippen LogP contribution is -2.13. The molecule has 4 rings (SSSR count). The Morgan fingerprint density at radius 3 is 2.90 bits per heavy atom. The molecule has 2 aromatic carbocycles. The molecular weight excluding hydrogens is 444 g/mol. The van der Waals surface area contributed by atoms with Gasteiger partial charge in [0.25, 0.3) is 0 Å². The van der Waals surface area contributed by atoms with Crippen molar-refractivity contribution >= 4 is 27.5 Å². The first kappa shape index (κ1) is 20.6. The lowest BCUT2D eigenvalue weighted by molar-refractivity contribution is -0.116. The quantitative estimate of drug-likeness (QED) is 0.481. The lowest BCUT2D eigenvalue weighted by atomic mass is 10.1. The minimum absolute atomic E-state index is 0.0231. The minimum atomic E-state index is -0.0231. The summed E-state index contributed by atoms with van der Waals surface area (Å²) in [5, 5.41) is 11.8. The van der Waals surface area contributed by atoms with Gasteiger partial charge in [-0.05, 0) is 49.6 Å². The van der Waals surface area contributed by atoms with Crippen LogP contribution in [0, 0.1) is 0 Å². The molecule has 0 spiro atoms. The second-order valence-electron chi connectivity index (χ2n) is 7.44. The number of aryl methyl sites for hydroxylation is 1. The highest BCUT2D eigenvalue weighted by molar-refractivity contribution is 9.10. The molecule has 3 aromatic rings. The van der Waals surface area contributed by atoms with Crippen molar-refractivity contribution in [2.24, 2.45) is 0 Å². The zero-order chi connectivity index (χ0) is 20.8. The molecule has 30 heavy (non-hydrogen) atoms. The maximum atomic E-state index is 12.3. The summed E-state index contributed by atoms with van der Waals surface area (Å²) in [6.45, 7) is 1.45. The van der Waals surface area contributed by atoms with E-state index < -0.39 is 0 Å². The summed E-state index contributed by atoms with van der Waals surface area (Å²) in [4.78, 5) is 12.3. The number of ether oxygens (including phenoxy) is 1. The van der Waals surface area contributed by atoms with E-state index in [0.29, 0.717) is 19.4 Å². The van der Waals surface area contributed by atoms with Crippen LogP contribution in [0.15, 0.2) is 53.0 Å². The van der Waals surface area contributed by atoms with Gasteiger partial charge >= 0.3 is 0 Å². The molecule has 1 N–H and O–H groups in total. The smallest absolute Gasteiger partial charge is 0.224 e. The van der Waals surface area contributed by atoms with Gasteiger partial charge in [-0.15, -0.1) is 10.2 Å². The number of aromatic nitrogens is 3. The summed E-state index contributed by atoms with van der Waals surface area (Å²) in [6.07, 6.45) is 5.57. The van der Waals surface area contributed by atoms with Crippen molar-refractivity contribution in [2.45, 2.75) is 45.1 Å². The number of benzene rings is 2. The van der Waals surface area contributed by atoms with Crippen molar-refractivity contribution in [3.05, 3.63) is 58.8 Å². The summed E-state index contributed by atoms with van der Waals surface area (Å²) >= 11 is 3.42. The Bertz CT molecular complexity index is 1020. The summed E-state index contributed by atoms with van der Waals surface area (Å²) < 4.78 is 8.88. The number of carbonyl (C=O) groups is 1. The van der Waals surface area contributed by atoms with Gasteiger partial charge in [-0.1, -0.05) is 40.5 Å². The van der Waals surface area contributed by atoms with Gasteiger partial charge in [0.15, 0.2) is 5.82 Å². The van der Waals surface area contributed by atoms with Crippen LogP contribution in [0.4, 0.5) is 5.69 Å². The van der Waals surface area contributed by atoms with Crippen LogP contribution in [0.5, 0.6) is 5.75 Å². The van der Waals surface area contributed by atoms with Crippen molar-refractivity contribution in [3.63, 3.8) is 0 Å². The molecular formula is C23H25BrN4O2. The topological polar surface area (TPSA) is 69.0 Å². The number of nitrogens with zero attached hydrogens (tertiary/aromatic N) is 3. The van der Waals surface area contributed by atoms with Crippen LogP contribution in [0.2, 0.25) is 0 Å². The fourth-order valence-corrected chi connectivity index (χ4v) is 4.02. The average Bonchev–Trinajstić information content (AvgIpc) is 3.00. The Morgan fingerprint density at radius 1 is 1.10 bits per heavy atom. The minimum Gasteiger partial charge on any atom is -0.494 e. The second-order valence-corrected chi connectivity index (χ2v) is 8.36. The Balaban J connectivity index is 1.32. The number of hydrogen-bond donors (Lipinski definition) is 1. The Hall–Kier alpha value is -2.67. The van der Waals surface area contributed by atoms with E-state index >= 15 is 0 Å². The number of anilines is 1. The van der Waals surface area contributed by atoms with Crippen LogP contribution < -0.4 is 10.1 Å². The molecule has 0 bridgehead atoms. The highest BCUT2D eigenvalue weighted by Crippen LogP contribution is 2.25. The summed E-state index contributed by atoms with van der Waals surface area (Å²) in [7, 11) is 0. The number of nitrogens with one attached hydrogen (secondary N) is 1. The molecule has 0 fully saturated rings. The van der Waals surface area contributed by atoms with E-state index in [1.807, 2.05) is 48.5 Å². The van der Waals surface area contributed by atoms with Gasteiger partial charge in [-0.25, -0.2) is 0 Å². The molecule has 1 amide bonds. The van der Waals surface area contributed by atoms with Crippen LogP contribution in [0.1, 0.15) is 37.9 Å². The summed E-state index contributed by atoms with van der Waals surface area (Å²) in [5.74, 6) is 2.71. The van der Waals surface area contributed by atoms with Crippen molar-refractivity contribution in [2.75, 3.05) is 11.9 Å². The van der Waals surface area contributed by atoms with Crippen molar-refractivity contribution in [1.29, 1.82) is 0 Å². The SMILES string of the molecule is O=C(CCCOc1cccc(Br)c1)Nc1cccc(-c2nnc3n2CCCCC3)c1. The van der Waals surface area contributed by atoms with Gasteiger partial charge in [0.1, 0.15) is 11.6 Å². The lowest BCUT2D eigenvalue weighted by Gasteiger charge is -2.10. The molecule has 156 valence electrons. The zero-order valence-corrected chi connectivity index (χ0v) is 18.4. The van der Waals surface area contributed by atoms with E-state index in [1.165, 1.54) is 12.8 Å². The third-order valence-corrected chi connectivity index (χ3v) is 5.62. The first-order valence-corrected chi connectivity index (χ1v) is 11.2. The highest BCUT2D eigenvalue weighted by Gasteiger charge is 2.16. The number of halogens is 1. The summed E-state index contributed by atoms with van der Waals surface area (Å²) in [5.41, 5.74) is 1.75. The molecule has 0 atom stereocenters. The van der Waals surface area contributed by atoms with Gasteiger partial charge in [0.2, 0.25) is 5.91 Å². The number of hydrogen-bond acceptors (Lipinski definition) is 4. The van der Waals surface area contributed by atoms with Crippen molar-refractivity contribution < 1.29 is 9.53 Å². The molecule has 0 aliphatic carbocycles. The van der Waals surface area contributed by atoms with E-state index in [0.717, 1.165) is 52.5 Å². The predicted molar refractivity (Wildman–Crippen MR) is 121 cm³/mol. The van der Waals surface area contributed by atoms with E-state index in [4.69, 9.17) is 4.74 Å². The second kappa shape index (κ2) is 9.89. The molecule has 0 saturated heterocycles. The van der Waals surface area contributed by atoms with Crippen molar-refractivity contribution in [1.82, 2.24) is 14.8 Å². The average molecular weight is 469 g/mol. The molecule has 0 radical (unpaired) electrons. The molecule has 7 heteroatoms. The zero-order valence-electron chi connectivity index (χ0n) is 16.8. The maximum Gasteiger partial charge on any atom is 0.224 e. The van der Waals surface area contributed by atoms with E-state index in [9.17, 15) is 4.79 Å². The molecule has 1 aromatic heterocycles. The number of amides is 1. The normalized spacial score (nSPS) is 13.4. The standard InChI is InChI=1S/C23H25BrN4O2/c24-18-8-5-10-20(16-18)30-14-6-12-22(29)25-19-9-4-7-17(15-19)23-27-26-21-11-2-1-3-13-28(21)23/h4-5,7-10,15-16H,1-3,6,11-14H2,(H,25,29). The van der Waals surface area contributed by atoms with Crippen LogP contribution in [0.25, 0.3) is 11.4 Å². The van der Waals surface area contributed by atoms with E-state index in [2.05, 4.69) is 36.0 Å². The third kappa shape index (κ3) is 5.27. The number of carbonyl (C=O) groups excluding carboxylic acids is 1. The van der Waals surface area contributed by atoms with Crippen LogP contribution in [-0.4, -0.2) is 27.3 Å². The first-order valence-electron chi connectivity index (χ1n) is 10.4. The Morgan fingerprint density at radius 2 is 2.00 bits per heavy atom. The predicted octanol–water partition coefficient (Wildman–Crippen LogP) is 5.23. The van der Waals surface area contributed by atoms with E-state index in [1.54, 1.807) is 0 Å². The fourth-order valence-electron chi connectivity index (χ4n) is 3.64. The summed E-state index contributed by atoms with van der Waals surface area (Å²) in [6, 6.07) is 15.5. The van der Waals surface area contributed by atoms with Crippen LogP contribution >= 0.6 is 15.9 Å². The molecule has 0 saturated carbocycles. The third-order valence-electron chi connectivity index (χ3n) is 5.13. The molecule has 1 aliphatic rings. The fraction of sp³-hybridized carbons (Fsp3) is 0.348. The van der Waals surface area contributed by atoms with Crippen molar-refractivity contribution in [3.8, 4) is 17.1 Å². The largest absolute Gasteiger partial charge is 0.494 e. The molecule has 1 aliphatic heterocycles. The highest BCUT2D eigenvalue weighted by atomic mass is 79.9. The number of rotatable bonds is 7. The molecule has 0 unspecified atom stereocenters. The molecule has 2 heterocycles. The first-order chi connectivity index (χ1) is 14.7. The van der Waals surface area contributed by atoms with Crippen LogP contribution in [0.3, 0.4) is 0 Å². The van der Waals surface area contributed by atoms with Gasteiger partial charge < -0.3 is 14.6 Å². The Labute approximate surface area is 184 Å². The van der Waals surface area contributed by atoms with E-state index in [-0.39, 0.29) is 5.91 Å². The van der Waals surface area contributed by atoms with Gasteiger partial charge in [-0.2, -0.15) is 0 Å². The number of fused-ring (bicyclic) bond motifs is 1. The van der Waals surface area contributed by atoms with Crippen LogP contribution in [-0.2, 0) is 17.8 Å². The van der Waals surface area contributed by atoms with Gasteiger partial charge in [-0.3, -0.25) is 4.79 Å².